The van der Waals surface area contributed by atoms with Crippen LogP contribution in [0, 0.1) is 17.1 Å². The van der Waals surface area contributed by atoms with E-state index in [9.17, 15) is 9.18 Å². The van der Waals surface area contributed by atoms with Gasteiger partial charge in [-0.1, -0.05) is 15.9 Å². The molecule has 3 nitrogen and oxygen atoms in total. The molecular formula is C9H5BrFNO2. The molecule has 0 aliphatic carbocycles. The Kier molecular flexibility index (Phi) is 3.20. The zero-order valence-electron chi connectivity index (χ0n) is 6.92. The van der Waals surface area contributed by atoms with Crippen molar-refractivity contribution in [1.29, 1.82) is 5.26 Å². The highest BCUT2D eigenvalue weighted by Gasteiger charge is 2.15. The van der Waals surface area contributed by atoms with Gasteiger partial charge < -0.3 is 5.11 Å². The van der Waals surface area contributed by atoms with Crippen LogP contribution in [0.2, 0.25) is 0 Å². The van der Waals surface area contributed by atoms with Gasteiger partial charge in [-0.3, -0.25) is 0 Å². The van der Waals surface area contributed by atoms with Crippen LogP contribution in [-0.4, -0.2) is 11.1 Å². The van der Waals surface area contributed by atoms with Gasteiger partial charge in [0.2, 0.25) is 0 Å². The van der Waals surface area contributed by atoms with Crippen molar-refractivity contribution in [2.24, 2.45) is 0 Å². The molecule has 5 heteroatoms. The lowest BCUT2D eigenvalue weighted by Gasteiger charge is -2.03. The Morgan fingerprint density at radius 2 is 2.29 bits per heavy atom. The molecule has 1 aromatic rings. The number of nitrogens with zero attached hydrogens (tertiary/aromatic N) is 1. The highest BCUT2D eigenvalue weighted by atomic mass is 79.9. The second-order valence-corrected chi connectivity index (χ2v) is 3.11. The van der Waals surface area contributed by atoms with Gasteiger partial charge in [0.25, 0.3) is 0 Å². The van der Waals surface area contributed by atoms with E-state index < -0.39 is 17.3 Å². The molecule has 0 fully saturated rings. The first-order valence-corrected chi connectivity index (χ1v) is 4.74. The number of hydrogen-bond donors (Lipinski definition) is 1. The van der Waals surface area contributed by atoms with Crippen molar-refractivity contribution in [1.82, 2.24) is 0 Å². The molecule has 0 aliphatic rings. The fourth-order valence-electron chi connectivity index (χ4n) is 1.00. The van der Waals surface area contributed by atoms with E-state index in [1.54, 1.807) is 6.07 Å². The predicted molar refractivity (Wildman–Crippen MR) is 50.7 cm³/mol. The van der Waals surface area contributed by atoms with E-state index >= 15 is 0 Å². The van der Waals surface area contributed by atoms with E-state index in [1.165, 1.54) is 6.07 Å². The summed E-state index contributed by atoms with van der Waals surface area (Å²) in [5.41, 5.74) is -0.168. The first-order valence-electron chi connectivity index (χ1n) is 3.62. The van der Waals surface area contributed by atoms with Gasteiger partial charge in [-0.2, -0.15) is 5.26 Å². The van der Waals surface area contributed by atoms with E-state index in [2.05, 4.69) is 15.9 Å². The zero-order valence-corrected chi connectivity index (χ0v) is 8.51. The lowest BCUT2D eigenvalue weighted by atomic mass is 10.1. The fraction of sp³-hybridized carbons (Fsp3) is 0.111. The molecule has 0 radical (unpaired) electrons. The van der Waals surface area contributed by atoms with Crippen LogP contribution in [0.4, 0.5) is 4.39 Å². The minimum Gasteiger partial charge on any atom is -0.478 e. The SMILES string of the molecule is N#Cc1cc(CBr)c(F)c(C(=O)O)c1. The van der Waals surface area contributed by atoms with Gasteiger partial charge in [-0.15, -0.1) is 0 Å². The van der Waals surface area contributed by atoms with E-state index in [0.29, 0.717) is 0 Å². The van der Waals surface area contributed by atoms with Gasteiger partial charge in [0, 0.05) is 10.9 Å². The first kappa shape index (κ1) is 10.7. The van der Waals surface area contributed by atoms with Crippen molar-refractivity contribution in [3.05, 3.63) is 34.6 Å². The van der Waals surface area contributed by atoms with Crippen molar-refractivity contribution >= 4 is 21.9 Å². The number of carboxylic acids is 1. The van der Waals surface area contributed by atoms with Crippen LogP contribution in [0.25, 0.3) is 0 Å². The van der Waals surface area contributed by atoms with Crippen LogP contribution in [0.3, 0.4) is 0 Å². The Labute approximate surface area is 87.9 Å². The van der Waals surface area contributed by atoms with Crippen LogP contribution in [0.1, 0.15) is 21.5 Å². The van der Waals surface area contributed by atoms with Crippen LogP contribution >= 0.6 is 15.9 Å². The molecule has 0 heterocycles. The maximum Gasteiger partial charge on any atom is 0.338 e. The molecule has 72 valence electrons. The number of carbonyl (C=O) groups is 1. The lowest BCUT2D eigenvalue weighted by Crippen LogP contribution is -2.04. The maximum atomic E-state index is 13.3. The average Bonchev–Trinajstić information content (AvgIpc) is 2.17. The van der Waals surface area contributed by atoms with Gasteiger partial charge in [-0.25, -0.2) is 9.18 Å². The first-order chi connectivity index (χ1) is 6.60. The Morgan fingerprint density at radius 1 is 1.64 bits per heavy atom. The average molecular weight is 258 g/mol. The molecule has 14 heavy (non-hydrogen) atoms. The second kappa shape index (κ2) is 4.20. The van der Waals surface area contributed by atoms with E-state index in [1.807, 2.05) is 0 Å². The molecule has 0 saturated heterocycles. The standard InChI is InChI=1S/C9H5BrFNO2/c10-3-6-1-5(4-12)2-7(8(6)11)9(13)14/h1-2H,3H2,(H,13,14). The Bertz CT molecular complexity index is 426. The number of benzene rings is 1. The third-order valence-electron chi connectivity index (χ3n) is 1.65. The molecule has 0 unspecified atom stereocenters. The van der Waals surface area contributed by atoms with Crippen molar-refractivity contribution in [2.75, 3.05) is 0 Å². The summed E-state index contributed by atoms with van der Waals surface area (Å²) in [6.07, 6.45) is 0. The molecule has 0 aromatic heterocycles. The number of halogens is 2. The third kappa shape index (κ3) is 1.91. The minimum absolute atomic E-state index is 0.137. The van der Waals surface area contributed by atoms with Crippen molar-refractivity contribution in [3.63, 3.8) is 0 Å². The maximum absolute atomic E-state index is 13.3. The summed E-state index contributed by atoms with van der Waals surface area (Å²) >= 11 is 3.01. The molecule has 0 bridgehead atoms. The minimum atomic E-state index is -1.37. The monoisotopic (exact) mass is 257 g/mol. The molecule has 0 atom stereocenters. The van der Waals surface area contributed by atoms with Gasteiger partial charge in [0.1, 0.15) is 5.82 Å². The van der Waals surface area contributed by atoms with Crippen LogP contribution in [-0.2, 0) is 5.33 Å². The van der Waals surface area contributed by atoms with E-state index in [4.69, 9.17) is 10.4 Å². The topological polar surface area (TPSA) is 61.1 Å². The van der Waals surface area contributed by atoms with Gasteiger partial charge in [-0.05, 0) is 12.1 Å². The highest BCUT2D eigenvalue weighted by molar-refractivity contribution is 9.08. The van der Waals surface area contributed by atoms with Crippen LogP contribution in [0.5, 0.6) is 0 Å². The molecule has 1 aromatic carbocycles. The number of nitriles is 1. The smallest absolute Gasteiger partial charge is 0.338 e. The highest BCUT2D eigenvalue weighted by Crippen LogP contribution is 2.18. The molecule has 0 saturated carbocycles. The van der Waals surface area contributed by atoms with Gasteiger partial charge >= 0.3 is 5.97 Å². The summed E-state index contributed by atoms with van der Waals surface area (Å²) in [6.45, 7) is 0. The number of carboxylic acid groups (broad SMARTS) is 1. The Balaban J connectivity index is 3.44. The predicted octanol–water partition coefficient (Wildman–Crippen LogP) is 2.29. The van der Waals surface area contributed by atoms with E-state index in [0.717, 1.165) is 6.07 Å². The quantitative estimate of drug-likeness (QED) is 0.828. The van der Waals surface area contributed by atoms with Crippen LogP contribution < -0.4 is 0 Å². The summed E-state index contributed by atoms with van der Waals surface area (Å²) in [5, 5.41) is 17.4. The summed E-state index contributed by atoms with van der Waals surface area (Å²) < 4.78 is 13.3. The van der Waals surface area contributed by atoms with E-state index in [-0.39, 0.29) is 16.5 Å². The molecule has 0 amide bonds. The number of hydrogen-bond acceptors (Lipinski definition) is 2. The second-order valence-electron chi connectivity index (χ2n) is 2.55. The van der Waals surface area contributed by atoms with Gasteiger partial charge in [0.05, 0.1) is 17.2 Å². The molecule has 1 rings (SSSR count). The summed E-state index contributed by atoms with van der Waals surface area (Å²) in [6, 6.07) is 4.11. The third-order valence-corrected chi connectivity index (χ3v) is 2.26. The van der Waals surface area contributed by atoms with Crippen LogP contribution in [0.15, 0.2) is 12.1 Å². The number of aromatic carboxylic acids is 1. The molecule has 0 aliphatic heterocycles. The van der Waals surface area contributed by atoms with Crippen molar-refractivity contribution in [3.8, 4) is 6.07 Å². The normalized spacial score (nSPS) is 9.50. The van der Waals surface area contributed by atoms with Crippen molar-refractivity contribution in [2.45, 2.75) is 5.33 Å². The summed E-state index contributed by atoms with van der Waals surface area (Å²) in [5.74, 6) is -2.17. The Morgan fingerprint density at radius 3 is 2.71 bits per heavy atom. The number of alkyl halides is 1. The molecular weight excluding hydrogens is 253 g/mol. The summed E-state index contributed by atoms with van der Waals surface area (Å²) in [7, 11) is 0. The Hall–Kier alpha value is -1.41. The lowest BCUT2D eigenvalue weighted by molar-refractivity contribution is 0.0691. The zero-order chi connectivity index (χ0) is 10.7. The van der Waals surface area contributed by atoms with Crippen molar-refractivity contribution < 1.29 is 14.3 Å². The van der Waals surface area contributed by atoms with Gasteiger partial charge in [0.15, 0.2) is 0 Å². The fourth-order valence-corrected chi connectivity index (χ4v) is 1.41. The largest absolute Gasteiger partial charge is 0.478 e. The summed E-state index contributed by atoms with van der Waals surface area (Å²) in [4.78, 5) is 10.6. The molecule has 1 N–H and O–H groups in total. The molecule has 0 spiro atoms. The number of rotatable bonds is 2.